The second-order valence-electron chi connectivity index (χ2n) is 6.75. The van der Waals surface area contributed by atoms with Crippen LogP contribution in [0.2, 0.25) is 0 Å². The molecule has 0 radical (unpaired) electrons. The van der Waals surface area contributed by atoms with E-state index in [0.717, 1.165) is 17.7 Å². The van der Waals surface area contributed by atoms with Crippen LogP contribution in [-0.2, 0) is 25.7 Å². The number of hydrogen-bond donors (Lipinski definition) is 0. The van der Waals surface area contributed by atoms with Gasteiger partial charge in [-0.2, -0.15) is 0 Å². The van der Waals surface area contributed by atoms with Crippen molar-refractivity contribution in [2.75, 3.05) is 0 Å². The first-order valence-corrected chi connectivity index (χ1v) is 8.67. The largest absolute Gasteiger partial charge is 0.459 e. The van der Waals surface area contributed by atoms with Crippen molar-refractivity contribution in [1.29, 1.82) is 0 Å². The number of non-ortho nitro benzene ring substituents is 1. The molecule has 1 saturated carbocycles. The second-order valence-corrected chi connectivity index (χ2v) is 6.75. The molecule has 1 aromatic carbocycles. The summed E-state index contributed by atoms with van der Waals surface area (Å²) < 4.78 is 5.20. The standard InChI is InChI=1S/C18H20N2O6/c1-11(19-16(21)14-4-2-3-5-15(14)17(19)22)18(23)26-10-12-6-8-13(9-7-12)20(24)25/h6-9,11,14-15H,2-5,10H2,1H3/t11-,14+,15+/m0/s1. The zero-order valence-corrected chi connectivity index (χ0v) is 14.4. The first-order valence-electron chi connectivity index (χ1n) is 8.67. The summed E-state index contributed by atoms with van der Waals surface area (Å²) in [5, 5.41) is 10.6. The molecule has 1 saturated heterocycles. The first-order chi connectivity index (χ1) is 12.4. The number of carbonyl (C=O) groups is 3. The lowest BCUT2D eigenvalue weighted by Gasteiger charge is -2.21. The summed E-state index contributed by atoms with van der Waals surface area (Å²) in [6, 6.07) is 4.67. The van der Waals surface area contributed by atoms with Crippen molar-refractivity contribution in [3.63, 3.8) is 0 Å². The summed E-state index contributed by atoms with van der Waals surface area (Å²) in [7, 11) is 0. The summed E-state index contributed by atoms with van der Waals surface area (Å²) in [4.78, 5) is 48.5. The van der Waals surface area contributed by atoms with Crippen molar-refractivity contribution in [2.24, 2.45) is 11.8 Å². The number of nitro groups is 1. The van der Waals surface area contributed by atoms with E-state index in [1.165, 1.54) is 31.2 Å². The lowest BCUT2D eigenvalue weighted by Crippen LogP contribution is -2.44. The van der Waals surface area contributed by atoms with Gasteiger partial charge in [-0.1, -0.05) is 12.8 Å². The predicted molar refractivity (Wildman–Crippen MR) is 89.7 cm³/mol. The third-order valence-corrected chi connectivity index (χ3v) is 5.13. The highest BCUT2D eigenvalue weighted by Crippen LogP contribution is 2.38. The van der Waals surface area contributed by atoms with Crippen LogP contribution in [0.4, 0.5) is 5.69 Å². The van der Waals surface area contributed by atoms with Crippen molar-refractivity contribution in [3.05, 3.63) is 39.9 Å². The lowest BCUT2D eigenvalue weighted by atomic mass is 9.81. The van der Waals surface area contributed by atoms with Gasteiger partial charge in [0.05, 0.1) is 16.8 Å². The molecule has 1 aromatic rings. The van der Waals surface area contributed by atoms with Gasteiger partial charge in [-0.15, -0.1) is 0 Å². The number of ether oxygens (including phenoxy) is 1. The number of fused-ring (bicyclic) bond motifs is 1. The zero-order valence-electron chi connectivity index (χ0n) is 14.4. The monoisotopic (exact) mass is 360 g/mol. The van der Waals surface area contributed by atoms with Gasteiger partial charge in [0, 0.05) is 12.1 Å². The van der Waals surface area contributed by atoms with E-state index in [-0.39, 0.29) is 35.9 Å². The van der Waals surface area contributed by atoms with Gasteiger partial charge < -0.3 is 4.74 Å². The van der Waals surface area contributed by atoms with Crippen molar-refractivity contribution >= 4 is 23.5 Å². The maximum absolute atomic E-state index is 12.5. The molecule has 1 heterocycles. The van der Waals surface area contributed by atoms with Gasteiger partial charge in [-0.3, -0.25) is 24.6 Å². The van der Waals surface area contributed by atoms with Crippen LogP contribution in [0.1, 0.15) is 38.2 Å². The van der Waals surface area contributed by atoms with Gasteiger partial charge >= 0.3 is 5.97 Å². The highest BCUT2D eigenvalue weighted by molar-refractivity contribution is 6.07. The molecule has 2 amide bonds. The Labute approximate surface area is 150 Å². The van der Waals surface area contributed by atoms with E-state index >= 15 is 0 Å². The van der Waals surface area contributed by atoms with Crippen molar-refractivity contribution in [1.82, 2.24) is 4.90 Å². The molecule has 1 aliphatic carbocycles. The van der Waals surface area contributed by atoms with E-state index in [4.69, 9.17) is 4.74 Å². The highest BCUT2D eigenvalue weighted by atomic mass is 16.6. The average Bonchev–Trinajstić information content (AvgIpc) is 2.90. The molecule has 0 unspecified atom stereocenters. The lowest BCUT2D eigenvalue weighted by molar-refractivity contribution is -0.384. The van der Waals surface area contributed by atoms with E-state index in [1.54, 1.807) is 0 Å². The molecular formula is C18H20N2O6. The number of benzene rings is 1. The van der Waals surface area contributed by atoms with Gasteiger partial charge in [0.2, 0.25) is 11.8 Å². The van der Waals surface area contributed by atoms with Gasteiger partial charge in [0.25, 0.3) is 5.69 Å². The smallest absolute Gasteiger partial charge is 0.329 e. The molecule has 0 aromatic heterocycles. The number of nitrogens with zero attached hydrogens (tertiary/aromatic N) is 2. The van der Waals surface area contributed by atoms with Crippen LogP contribution in [0.15, 0.2) is 24.3 Å². The Morgan fingerprint density at radius 3 is 2.23 bits per heavy atom. The number of carbonyl (C=O) groups excluding carboxylic acids is 3. The van der Waals surface area contributed by atoms with Gasteiger partial charge in [-0.05, 0) is 37.5 Å². The molecule has 8 heteroatoms. The summed E-state index contributed by atoms with van der Waals surface area (Å²) in [6.07, 6.45) is 3.23. The zero-order chi connectivity index (χ0) is 18.8. The van der Waals surface area contributed by atoms with Crippen molar-refractivity contribution in [3.8, 4) is 0 Å². The average molecular weight is 360 g/mol. The molecule has 8 nitrogen and oxygen atoms in total. The third-order valence-electron chi connectivity index (χ3n) is 5.13. The fourth-order valence-electron chi connectivity index (χ4n) is 3.66. The highest BCUT2D eigenvalue weighted by Gasteiger charge is 2.51. The molecule has 2 fully saturated rings. The minimum atomic E-state index is -0.973. The fraction of sp³-hybridized carbons (Fsp3) is 0.500. The van der Waals surface area contributed by atoms with Crippen LogP contribution >= 0.6 is 0 Å². The van der Waals surface area contributed by atoms with Crippen LogP contribution in [0.25, 0.3) is 0 Å². The van der Waals surface area contributed by atoms with Gasteiger partial charge in [0.1, 0.15) is 12.6 Å². The molecular weight excluding hydrogens is 340 g/mol. The van der Waals surface area contributed by atoms with E-state index < -0.39 is 16.9 Å². The molecule has 26 heavy (non-hydrogen) atoms. The molecule has 0 N–H and O–H groups in total. The topological polar surface area (TPSA) is 107 Å². The van der Waals surface area contributed by atoms with Crippen molar-refractivity contribution in [2.45, 2.75) is 45.3 Å². The number of hydrogen-bond acceptors (Lipinski definition) is 6. The number of amides is 2. The molecule has 0 bridgehead atoms. The molecule has 138 valence electrons. The molecule has 3 rings (SSSR count). The van der Waals surface area contributed by atoms with Crippen LogP contribution in [-0.4, -0.2) is 33.6 Å². The molecule has 1 aliphatic heterocycles. The number of likely N-dealkylation sites (tertiary alicyclic amines) is 1. The quantitative estimate of drug-likeness (QED) is 0.345. The van der Waals surface area contributed by atoms with E-state index in [0.29, 0.717) is 18.4 Å². The second kappa shape index (κ2) is 7.23. The fourth-order valence-corrected chi connectivity index (χ4v) is 3.66. The van der Waals surface area contributed by atoms with Crippen LogP contribution in [0, 0.1) is 22.0 Å². The SMILES string of the molecule is C[C@@H](C(=O)OCc1ccc([N+](=O)[O-])cc1)N1C(=O)[C@@H]2CCCC[C@H]2C1=O. The predicted octanol–water partition coefficient (Wildman–Crippen LogP) is 2.20. The first kappa shape index (κ1) is 18.0. The Morgan fingerprint density at radius 2 is 1.73 bits per heavy atom. The van der Waals surface area contributed by atoms with Gasteiger partial charge in [0.15, 0.2) is 0 Å². The Bertz CT molecular complexity index is 721. The maximum atomic E-state index is 12.5. The molecule has 3 atom stereocenters. The Kier molecular flexibility index (Phi) is 5.01. The summed E-state index contributed by atoms with van der Waals surface area (Å²) in [5.41, 5.74) is 0.535. The molecule has 2 aliphatic rings. The van der Waals surface area contributed by atoms with Crippen LogP contribution in [0.3, 0.4) is 0 Å². The summed E-state index contributed by atoms with van der Waals surface area (Å²) >= 11 is 0. The Balaban J connectivity index is 1.61. The number of nitro benzene ring substituents is 1. The number of rotatable bonds is 5. The van der Waals surface area contributed by atoms with E-state index in [1.807, 2.05) is 0 Å². The van der Waals surface area contributed by atoms with Crippen LogP contribution < -0.4 is 0 Å². The minimum absolute atomic E-state index is 0.0516. The molecule has 0 spiro atoms. The number of imide groups is 1. The van der Waals surface area contributed by atoms with E-state index in [2.05, 4.69) is 0 Å². The van der Waals surface area contributed by atoms with Gasteiger partial charge in [-0.25, -0.2) is 4.79 Å². The normalized spacial score (nSPS) is 23.5. The Morgan fingerprint density at radius 1 is 1.19 bits per heavy atom. The minimum Gasteiger partial charge on any atom is -0.459 e. The summed E-state index contributed by atoms with van der Waals surface area (Å²) in [6.45, 7) is 1.41. The third kappa shape index (κ3) is 3.31. The maximum Gasteiger partial charge on any atom is 0.329 e. The Hall–Kier alpha value is -2.77. The van der Waals surface area contributed by atoms with Crippen molar-refractivity contribution < 1.29 is 24.0 Å². The summed E-state index contributed by atoms with van der Waals surface area (Å²) in [5.74, 6) is -1.83. The van der Waals surface area contributed by atoms with Crippen LogP contribution in [0.5, 0.6) is 0 Å². The number of esters is 1. The van der Waals surface area contributed by atoms with E-state index in [9.17, 15) is 24.5 Å².